The number of ether oxygens (including phenoxy) is 1. The van der Waals surface area contributed by atoms with Crippen LogP contribution in [0, 0.1) is 6.92 Å². The number of benzene rings is 2. The number of carbonyl (C=O) groups is 1. The second-order valence-electron chi connectivity index (χ2n) is 6.68. The molecular formula is C22H26N2O2S. The predicted molar refractivity (Wildman–Crippen MR) is 111 cm³/mol. The lowest BCUT2D eigenvalue weighted by molar-refractivity contribution is -0.136. The van der Waals surface area contributed by atoms with Crippen molar-refractivity contribution in [3.63, 3.8) is 0 Å². The summed E-state index contributed by atoms with van der Waals surface area (Å²) < 4.78 is 7.38. The molecule has 0 amide bonds. The zero-order chi connectivity index (χ0) is 19.1. The Kier molecular flexibility index (Phi) is 7.10. The highest BCUT2D eigenvalue weighted by Gasteiger charge is 2.21. The fourth-order valence-corrected chi connectivity index (χ4v) is 3.92. The molecule has 1 aliphatic heterocycles. The number of piperazine rings is 1. The topological polar surface area (TPSA) is 32.8 Å². The van der Waals surface area contributed by atoms with Crippen molar-refractivity contribution >= 4 is 24.0 Å². The average Bonchev–Trinajstić information content (AvgIpc) is 2.71. The average molecular weight is 383 g/mol. The Hall–Kier alpha value is -2.08. The zero-order valence-corrected chi connectivity index (χ0v) is 16.7. The number of nitrogens with zero attached hydrogens (tertiary/aromatic N) is 2. The maximum Gasteiger partial charge on any atom is 0.335 e. The number of hydrogen-bond acceptors (Lipinski definition) is 5. The first-order valence-electron chi connectivity index (χ1n) is 9.20. The van der Waals surface area contributed by atoms with E-state index in [9.17, 15) is 4.79 Å². The van der Waals surface area contributed by atoms with Gasteiger partial charge in [-0.1, -0.05) is 48.0 Å². The maximum atomic E-state index is 12.2. The molecule has 5 heteroatoms. The fraction of sp³-hybridized carbons (Fsp3) is 0.318. The van der Waals surface area contributed by atoms with Gasteiger partial charge in [0, 0.05) is 37.6 Å². The van der Waals surface area contributed by atoms with Crippen LogP contribution in [-0.2, 0) is 9.53 Å². The van der Waals surface area contributed by atoms with Gasteiger partial charge in [-0.3, -0.25) is 4.90 Å². The van der Waals surface area contributed by atoms with Crippen molar-refractivity contribution in [1.82, 2.24) is 9.21 Å². The maximum absolute atomic E-state index is 12.2. The van der Waals surface area contributed by atoms with Crippen LogP contribution < -0.4 is 0 Å². The highest BCUT2D eigenvalue weighted by atomic mass is 32.2. The van der Waals surface area contributed by atoms with Gasteiger partial charge in [-0.25, -0.2) is 9.10 Å². The van der Waals surface area contributed by atoms with Crippen LogP contribution in [0.3, 0.4) is 0 Å². The molecule has 0 saturated carbocycles. The van der Waals surface area contributed by atoms with Crippen LogP contribution in [0.4, 0.5) is 0 Å². The third kappa shape index (κ3) is 5.96. The minimum atomic E-state index is -0.254. The minimum absolute atomic E-state index is 0.254. The van der Waals surface area contributed by atoms with Crippen LogP contribution in [0.1, 0.15) is 11.1 Å². The summed E-state index contributed by atoms with van der Waals surface area (Å²) >= 11 is 1.81. The van der Waals surface area contributed by atoms with Gasteiger partial charge in [0.2, 0.25) is 0 Å². The minimum Gasteiger partial charge on any atom is -0.466 e. The van der Waals surface area contributed by atoms with Crippen molar-refractivity contribution in [1.29, 1.82) is 0 Å². The Bertz CT molecular complexity index is 767. The summed E-state index contributed by atoms with van der Waals surface area (Å²) in [4.78, 5) is 15.8. The molecule has 0 aromatic heterocycles. The highest BCUT2D eigenvalue weighted by Crippen LogP contribution is 2.24. The van der Waals surface area contributed by atoms with Crippen LogP contribution in [-0.4, -0.2) is 55.0 Å². The monoisotopic (exact) mass is 382 g/mol. The molecule has 1 saturated heterocycles. The zero-order valence-electron chi connectivity index (χ0n) is 15.9. The van der Waals surface area contributed by atoms with E-state index in [-0.39, 0.29) is 5.97 Å². The number of carbonyl (C=O) groups excluding carboxylic acids is 1. The number of rotatable bonds is 6. The molecule has 1 fully saturated rings. The molecule has 142 valence electrons. The van der Waals surface area contributed by atoms with Gasteiger partial charge < -0.3 is 4.74 Å². The molecule has 0 bridgehead atoms. The largest absolute Gasteiger partial charge is 0.466 e. The summed E-state index contributed by atoms with van der Waals surface area (Å²) in [6.45, 7) is 6.53. The lowest BCUT2D eigenvalue weighted by Crippen LogP contribution is -2.44. The molecule has 4 nitrogen and oxygen atoms in total. The van der Waals surface area contributed by atoms with Crippen molar-refractivity contribution in [2.24, 2.45) is 0 Å². The molecule has 3 rings (SSSR count). The van der Waals surface area contributed by atoms with Gasteiger partial charge in [-0.15, -0.1) is 0 Å². The van der Waals surface area contributed by atoms with E-state index in [0.29, 0.717) is 12.1 Å². The standard InChI is InChI=1S/C22H26N2O2S/c1-18-8-10-21(11-9-18)27-24-14-12-23(13-15-24)17-20(22(25)26-2)16-19-6-4-3-5-7-19/h3-11,16H,12-15,17H2,1-2H3/b20-16+. The molecule has 1 aliphatic rings. The summed E-state index contributed by atoms with van der Waals surface area (Å²) in [5.41, 5.74) is 3.00. The lowest BCUT2D eigenvalue weighted by Gasteiger charge is -2.34. The van der Waals surface area contributed by atoms with Crippen LogP contribution in [0.5, 0.6) is 0 Å². The van der Waals surface area contributed by atoms with E-state index in [1.807, 2.05) is 48.4 Å². The Morgan fingerprint density at radius 3 is 2.33 bits per heavy atom. The van der Waals surface area contributed by atoms with Gasteiger partial charge in [0.25, 0.3) is 0 Å². The van der Waals surface area contributed by atoms with Gasteiger partial charge >= 0.3 is 5.97 Å². The van der Waals surface area contributed by atoms with E-state index in [2.05, 4.69) is 40.4 Å². The highest BCUT2D eigenvalue weighted by molar-refractivity contribution is 7.97. The molecule has 0 spiro atoms. The third-order valence-electron chi connectivity index (χ3n) is 4.57. The number of hydrogen-bond donors (Lipinski definition) is 0. The first kappa shape index (κ1) is 19.7. The number of aryl methyl sites for hydroxylation is 1. The van der Waals surface area contributed by atoms with Crippen molar-refractivity contribution in [2.45, 2.75) is 11.8 Å². The van der Waals surface area contributed by atoms with E-state index in [1.165, 1.54) is 17.6 Å². The van der Waals surface area contributed by atoms with Gasteiger partial charge in [-0.2, -0.15) is 0 Å². The van der Waals surface area contributed by atoms with E-state index in [4.69, 9.17) is 4.74 Å². The van der Waals surface area contributed by atoms with E-state index in [0.717, 1.165) is 31.7 Å². The second-order valence-corrected chi connectivity index (χ2v) is 7.85. The molecule has 27 heavy (non-hydrogen) atoms. The second kappa shape index (κ2) is 9.74. The molecular weight excluding hydrogens is 356 g/mol. The molecule has 0 aliphatic carbocycles. The van der Waals surface area contributed by atoms with Crippen molar-refractivity contribution < 1.29 is 9.53 Å². The normalized spacial score (nSPS) is 16.3. The number of methoxy groups -OCH3 is 1. The van der Waals surface area contributed by atoms with Crippen molar-refractivity contribution in [3.8, 4) is 0 Å². The summed E-state index contributed by atoms with van der Waals surface area (Å²) in [7, 11) is 1.44. The molecule has 0 unspecified atom stereocenters. The SMILES string of the molecule is COC(=O)/C(=C/c1ccccc1)CN1CCN(Sc2ccc(C)cc2)CC1. The Labute approximate surface area is 165 Å². The van der Waals surface area contributed by atoms with Crippen LogP contribution >= 0.6 is 11.9 Å². The molecule has 0 radical (unpaired) electrons. The van der Waals surface area contributed by atoms with Crippen LogP contribution in [0.15, 0.2) is 65.1 Å². The Morgan fingerprint density at radius 1 is 1.04 bits per heavy atom. The van der Waals surface area contributed by atoms with Gasteiger partial charge in [0.05, 0.1) is 12.7 Å². The summed E-state index contributed by atoms with van der Waals surface area (Å²) in [6.07, 6.45) is 1.93. The summed E-state index contributed by atoms with van der Waals surface area (Å²) in [5.74, 6) is -0.254. The number of esters is 1. The van der Waals surface area contributed by atoms with Gasteiger partial charge in [0.1, 0.15) is 0 Å². The Balaban J connectivity index is 1.56. The van der Waals surface area contributed by atoms with Crippen LogP contribution in [0.2, 0.25) is 0 Å². The van der Waals surface area contributed by atoms with Crippen molar-refractivity contribution in [3.05, 3.63) is 71.3 Å². The lowest BCUT2D eigenvalue weighted by atomic mass is 10.1. The predicted octanol–water partition coefficient (Wildman–Crippen LogP) is 3.88. The molecule has 2 aromatic rings. The summed E-state index contributed by atoms with van der Waals surface area (Å²) in [6, 6.07) is 18.6. The van der Waals surface area contributed by atoms with Crippen molar-refractivity contribution in [2.75, 3.05) is 39.8 Å². The Morgan fingerprint density at radius 2 is 1.70 bits per heavy atom. The third-order valence-corrected chi connectivity index (χ3v) is 5.68. The quantitative estimate of drug-likeness (QED) is 0.430. The first-order chi connectivity index (χ1) is 13.1. The van der Waals surface area contributed by atoms with Crippen LogP contribution in [0.25, 0.3) is 6.08 Å². The smallest absolute Gasteiger partial charge is 0.335 e. The molecule has 1 heterocycles. The molecule has 2 aromatic carbocycles. The molecule has 0 atom stereocenters. The van der Waals surface area contributed by atoms with E-state index < -0.39 is 0 Å². The van der Waals surface area contributed by atoms with Gasteiger partial charge in [0.15, 0.2) is 0 Å². The fourth-order valence-electron chi connectivity index (χ4n) is 3.02. The van der Waals surface area contributed by atoms with Gasteiger partial charge in [-0.05, 0) is 42.6 Å². The van der Waals surface area contributed by atoms with E-state index >= 15 is 0 Å². The molecule has 0 N–H and O–H groups in total. The summed E-state index contributed by atoms with van der Waals surface area (Å²) in [5, 5.41) is 0. The van der Waals surface area contributed by atoms with E-state index in [1.54, 1.807) is 0 Å². The first-order valence-corrected chi connectivity index (χ1v) is 9.97.